The number of ether oxygens (including phenoxy) is 2. The maximum absolute atomic E-state index is 5.30. The highest BCUT2D eigenvalue weighted by molar-refractivity contribution is 6.18. The zero-order valence-corrected chi connectivity index (χ0v) is 20.1. The summed E-state index contributed by atoms with van der Waals surface area (Å²) in [6.45, 7) is 2.16. The van der Waals surface area contributed by atoms with E-state index in [1.54, 1.807) is 14.2 Å². The van der Waals surface area contributed by atoms with E-state index in [0.717, 1.165) is 57.1 Å². The van der Waals surface area contributed by atoms with Gasteiger partial charge in [0, 0.05) is 16.7 Å². The Morgan fingerprint density at radius 3 is 1.77 bits per heavy atom. The maximum atomic E-state index is 5.30. The molecule has 5 nitrogen and oxygen atoms in total. The molecule has 0 unspecified atom stereocenters. The molecule has 1 N–H and O–H groups in total. The third-order valence-electron chi connectivity index (χ3n) is 6.18. The van der Waals surface area contributed by atoms with E-state index < -0.39 is 0 Å². The molecule has 0 aliphatic carbocycles. The molecule has 0 saturated heterocycles. The van der Waals surface area contributed by atoms with Crippen molar-refractivity contribution >= 4 is 17.2 Å². The number of nitrogens with zero attached hydrogens (tertiary/aromatic N) is 2. The molecule has 174 valence electrons. The molecular weight excluding hydrogens is 434 g/mol. The van der Waals surface area contributed by atoms with Gasteiger partial charge in [-0.3, -0.25) is 5.43 Å². The second-order valence-electron chi connectivity index (χ2n) is 8.27. The fourth-order valence-corrected chi connectivity index (χ4v) is 4.11. The number of hydrazone groups is 1. The molecular formula is C30H27N3O2. The Morgan fingerprint density at radius 1 is 0.657 bits per heavy atom. The van der Waals surface area contributed by atoms with Crippen molar-refractivity contribution in [3.63, 3.8) is 0 Å². The quantitative estimate of drug-likeness (QED) is 0.363. The van der Waals surface area contributed by atoms with Crippen molar-refractivity contribution in [3.8, 4) is 22.6 Å². The van der Waals surface area contributed by atoms with Crippen LogP contribution in [0.4, 0.5) is 5.69 Å². The highest BCUT2D eigenvalue weighted by Crippen LogP contribution is 2.29. The summed E-state index contributed by atoms with van der Waals surface area (Å²) < 4.78 is 10.6. The first-order valence-corrected chi connectivity index (χ1v) is 11.6. The molecule has 4 aromatic rings. The molecule has 0 spiro atoms. The van der Waals surface area contributed by atoms with Crippen LogP contribution in [-0.2, 0) is 6.42 Å². The van der Waals surface area contributed by atoms with Crippen LogP contribution < -0.4 is 14.9 Å². The zero-order valence-electron chi connectivity index (χ0n) is 20.1. The molecule has 0 amide bonds. The number of fused-ring (bicyclic) bond motifs is 1. The van der Waals surface area contributed by atoms with Gasteiger partial charge in [0.2, 0.25) is 0 Å². The van der Waals surface area contributed by atoms with E-state index in [9.17, 15) is 0 Å². The number of aryl methyl sites for hydroxylation is 1. The van der Waals surface area contributed by atoms with Gasteiger partial charge in [0.25, 0.3) is 0 Å². The minimum Gasteiger partial charge on any atom is -0.497 e. The predicted octanol–water partition coefficient (Wildman–Crippen LogP) is 6.37. The number of rotatable bonds is 6. The summed E-state index contributed by atoms with van der Waals surface area (Å²) in [4.78, 5) is 4.94. The molecule has 0 fully saturated rings. The van der Waals surface area contributed by atoms with E-state index in [1.807, 2.05) is 36.4 Å². The summed E-state index contributed by atoms with van der Waals surface area (Å²) in [6.07, 6.45) is 0.944. The highest BCUT2D eigenvalue weighted by Gasteiger charge is 2.18. The number of hydrogen-bond donors (Lipinski definition) is 1. The normalized spacial score (nSPS) is 12.5. The van der Waals surface area contributed by atoms with Gasteiger partial charge in [-0.15, -0.1) is 0 Å². The van der Waals surface area contributed by atoms with Crippen molar-refractivity contribution in [2.45, 2.75) is 13.3 Å². The molecule has 0 bridgehead atoms. The molecule has 35 heavy (non-hydrogen) atoms. The fourth-order valence-electron chi connectivity index (χ4n) is 4.11. The summed E-state index contributed by atoms with van der Waals surface area (Å²) in [6, 6.07) is 30.8. The van der Waals surface area contributed by atoms with Crippen LogP contribution in [0.3, 0.4) is 0 Å². The summed E-state index contributed by atoms with van der Waals surface area (Å²) in [5.74, 6) is 2.35. The molecule has 1 heterocycles. The van der Waals surface area contributed by atoms with Crippen LogP contribution in [-0.4, -0.2) is 25.8 Å². The molecule has 4 aromatic carbocycles. The summed E-state index contributed by atoms with van der Waals surface area (Å²) in [5, 5.41) is 4.82. The predicted molar refractivity (Wildman–Crippen MR) is 142 cm³/mol. The number of nitrogens with one attached hydrogen (secondary N) is 1. The lowest BCUT2D eigenvalue weighted by Crippen LogP contribution is -2.19. The van der Waals surface area contributed by atoms with Crippen molar-refractivity contribution in [2.24, 2.45) is 10.1 Å². The van der Waals surface area contributed by atoms with E-state index >= 15 is 0 Å². The Hall–Kier alpha value is -4.38. The lowest BCUT2D eigenvalue weighted by molar-refractivity contribution is 0.414. The topological polar surface area (TPSA) is 55.2 Å². The smallest absolute Gasteiger partial charge is 0.154 e. The number of hydrogen-bond acceptors (Lipinski definition) is 5. The van der Waals surface area contributed by atoms with Gasteiger partial charge in [0.15, 0.2) is 5.84 Å². The van der Waals surface area contributed by atoms with Crippen LogP contribution in [0.5, 0.6) is 11.5 Å². The lowest BCUT2D eigenvalue weighted by atomic mass is 9.96. The summed E-state index contributed by atoms with van der Waals surface area (Å²) in [7, 11) is 3.34. The first kappa shape index (κ1) is 22.4. The molecule has 0 saturated carbocycles. The molecule has 5 heteroatoms. The van der Waals surface area contributed by atoms with E-state index in [0.29, 0.717) is 5.84 Å². The third kappa shape index (κ3) is 4.66. The molecule has 0 atom stereocenters. The molecule has 0 aromatic heterocycles. The molecule has 1 aliphatic rings. The minimum absolute atomic E-state index is 0.697. The summed E-state index contributed by atoms with van der Waals surface area (Å²) in [5.41, 5.74) is 11.5. The van der Waals surface area contributed by atoms with Gasteiger partial charge in [-0.05, 0) is 71.6 Å². The van der Waals surface area contributed by atoms with E-state index in [2.05, 4.69) is 66.9 Å². The second-order valence-corrected chi connectivity index (χ2v) is 8.27. The van der Waals surface area contributed by atoms with Crippen LogP contribution in [0.25, 0.3) is 11.1 Å². The monoisotopic (exact) mass is 461 g/mol. The van der Waals surface area contributed by atoms with Gasteiger partial charge in [-0.2, -0.15) is 5.10 Å². The Bertz CT molecular complexity index is 1390. The van der Waals surface area contributed by atoms with Crippen LogP contribution in [0.1, 0.15) is 29.2 Å². The van der Waals surface area contributed by atoms with E-state index in [4.69, 9.17) is 19.6 Å². The van der Waals surface area contributed by atoms with Crippen molar-refractivity contribution in [2.75, 3.05) is 14.2 Å². The number of methoxy groups -OCH3 is 2. The fraction of sp³-hybridized carbons (Fsp3) is 0.133. The number of amidine groups is 1. The van der Waals surface area contributed by atoms with Gasteiger partial charge >= 0.3 is 0 Å². The van der Waals surface area contributed by atoms with Gasteiger partial charge in [-0.1, -0.05) is 49.4 Å². The first-order chi connectivity index (χ1) is 17.2. The Kier molecular flexibility index (Phi) is 6.31. The van der Waals surface area contributed by atoms with Gasteiger partial charge in [0.1, 0.15) is 11.5 Å². The number of aliphatic imine (C=N–C) groups is 1. The highest BCUT2D eigenvalue weighted by atomic mass is 16.5. The van der Waals surface area contributed by atoms with Crippen molar-refractivity contribution in [3.05, 3.63) is 113 Å². The molecule has 5 rings (SSSR count). The van der Waals surface area contributed by atoms with Crippen molar-refractivity contribution in [1.82, 2.24) is 5.43 Å². The minimum atomic E-state index is 0.697. The standard InChI is InChI=1S/C30H27N3O2/c1-4-20-5-18-28-27(19-20)29(32-33-30(31-28)24-12-16-26(35-3)17-13-24)23-8-6-21(7-9-23)22-10-14-25(34-2)15-11-22/h5-19H,4H2,1-3H3,(H,31,33). The van der Waals surface area contributed by atoms with Crippen LogP contribution >= 0.6 is 0 Å². The van der Waals surface area contributed by atoms with Crippen LogP contribution in [0.15, 0.2) is 101 Å². The van der Waals surface area contributed by atoms with E-state index in [1.165, 1.54) is 5.56 Å². The van der Waals surface area contributed by atoms with E-state index in [-0.39, 0.29) is 0 Å². The second kappa shape index (κ2) is 9.85. The molecule has 0 radical (unpaired) electrons. The maximum Gasteiger partial charge on any atom is 0.154 e. The van der Waals surface area contributed by atoms with Crippen LogP contribution in [0, 0.1) is 0 Å². The van der Waals surface area contributed by atoms with Crippen LogP contribution in [0.2, 0.25) is 0 Å². The molecule has 1 aliphatic heterocycles. The average Bonchev–Trinajstić information content (AvgIpc) is 3.12. The third-order valence-corrected chi connectivity index (χ3v) is 6.18. The largest absolute Gasteiger partial charge is 0.497 e. The van der Waals surface area contributed by atoms with Gasteiger partial charge < -0.3 is 9.47 Å². The lowest BCUT2D eigenvalue weighted by Gasteiger charge is -2.11. The van der Waals surface area contributed by atoms with Crippen molar-refractivity contribution < 1.29 is 9.47 Å². The van der Waals surface area contributed by atoms with Gasteiger partial charge in [-0.25, -0.2) is 4.99 Å². The zero-order chi connectivity index (χ0) is 24.2. The number of benzene rings is 4. The first-order valence-electron chi connectivity index (χ1n) is 11.6. The van der Waals surface area contributed by atoms with Gasteiger partial charge in [0.05, 0.1) is 25.6 Å². The summed E-state index contributed by atoms with van der Waals surface area (Å²) >= 11 is 0. The van der Waals surface area contributed by atoms with Crippen molar-refractivity contribution in [1.29, 1.82) is 0 Å². The Labute approximate surface area is 205 Å². The SMILES string of the molecule is CCc1ccc2c(c1)C(c1ccc(-c3ccc(OC)cc3)cc1)=NNC(c1ccc(OC)cc1)=N2. The Balaban J connectivity index is 1.53. The average molecular weight is 462 g/mol. The Morgan fingerprint density at radius 2 is 1.20 bits per heavy atom.